The number of nitrogens with two attached hydrogens (primary N) is 1. The summed E-state index contributed by atoms with van der Waals surface area (Å²) in [5.41, 5.74) is 6.40. The van der Waals surface area contributed by atoms with Crippen molar-refractivity contribution in [1.29, 1.82) is 0 Å². The maximum Gasteiger partial charge on any atom is 0.179 e. The van der Waals surface area contributed by atoms with E-state index >= 15 is 0 Å². The summed E-state index contributed by atoms with van der Waals surface area (Å²) >= 11 is 0. The zero-order valence-electron chi connectivity index (χ0n) is 9.36. The molecule has 15 heavy (non-hydrogen) atoms. The number of carbonyl (C=O) groups is 1. The summed E-state index contributed by atoms with van der Waals surface area (Å²) < 4.78 is 5.05. The third-order valence-corrected chi connectivity index (χ3v) is 2.38. The first-order chi connectivity index (χ1) is 7.06. The summed E-state index contributed by atoms with van der Waals surface area (Å²) in [6.07, 6.45) is 0. The molecule has 0 aliphatic carbocycles. The first-order valence-electron chi connectivity index (χ1n) is 5.00. The minimum atomic E-state index is -0.447. The lowest BCUT2D eigenvalue weighted by Gasteiger charge is -2.14. The van der Waals surface area contributed by atoms with Crippen LogP contribution in [0.15, 0.2) is 24.3 Å². The number of hydrogen-bond donors (Lipinski definition) is 1. The van der Waals surface area contributed by atoms with E-state index in [-0.39, 0.29) is 11.7 Å². The molecule has 2 N–H and O–H groups in total. The molecule has 1 atom stereocenters. The first-order valence-corrected chi connectivity index (χ1v) is 5.00. The van der Waals surface area contributed by atoms with E-state index < -0.39 is 6.04 Å². The molecule has 0 aliphatic rings. The summed E-state index contributed by atoms with van der Waals surface area (Å²) in [6, 6.07) is 6.62. The van der Waals surface area contributed by atoms with Crippen molar-refractivity contribution >= 4 is 5.78 Å². The molecule has 0 fully saturated rings. The molecule has 0 radical (unpaired) electrons. The minimum absolute atomic E-state index is 0.0381. The van der Waals surface area contributed by atoms with Crippen molar-refractivity contribution in [2.24, 2.45) is 11.7 Å². The normalized spacial score (nSPS) is 12.6. The van der Waals surface area contributed by atoms with Gasteiger partial charge in [-0.1, -0.05) is 26.0 Å². The van der Waals surface area contributed by atoms with Gasteiger partial charge in [0.25, 0.3) is 0 Å². The van der Waals surface area contributed by atoms with Crippen LogP contribution >= 0.6 is 0 Å². The van der Waals surface area contributed by atoms with E-state index in [2.05, 4.69) is 0 Å². The summed E-state index contributed by atoms with van der Waals surface area (Å²) in [6.45, 7) is 3.87. The first kappa shape index (κ1) is 11.7. The number of hydrogen-bond acceptors (Lipinski definition) is 3. The molecule has 0 bridgehead atoms. The minimum Gasteiger partial charge on any atom is -0.497 e. The summed E-state index contributed by atoms with van der Waals surface area (Å²) in [5, 5.41) is 0. The quantitative estimate of drug-likeness (QED) is 0.767. The molecule has 3 heteroatoms. The van der Waals surface area contributed by atoms with Gasteiger partial charge in [0.2, 0.25) is 0 Å². The number of benzene rings is 1. The van der Waals surface area contributed by atoms with Gasteiger partial charge in [-0.3, -0.25) is 4.79 Å². The predicted octanol–water partition coefficient (Wildman–Crippen LogP) is 1.86. The Labute approximate surface area is 90.2 Å². The van der Waals surface area contributed by atoms with E-state index in [1.54, 1.807) is 31.4 Å². The summed E-state index contributed by atoms with van der Waals surface area (Å²) in [5.74, 6) is 0.782. The molecular weight excluding hydrogens is 190 g/mol. The maximum absolute atomic E-state index is 11.9. The molecule has 82 valence electrons. The van der Waals surface area contributed by atoms with E-state index in [1.807, 2.05) is 13.8 Å². The second-order valence-corrected chi connectivity index (χ2v) is 3.87. The van der Waals surface area contributed by atoms with Crippen molar-refractivity contribution in [1.82, 2.24) is 0 Å². The Morgan fingerprint density at radius 2 is 2.07 bits per heavy atom. The second-order valence-electron chi connectivity index (χ2n) is 3.87. The van der Waals surface area contributed by atoms with Crippen molar-refractivity contribution < 1.29 is 9.53 Å². The lowest BCUT2D eigenvalue weighted by molar-refractivity contribution is 0.0940. The van der Waals surface area contributed by atoms with Gasteiger partial charge >= 0.3 is 0 Å². The molecule has 0 spiro atoms. The molecule has 1 aromatic carbocycles. The van der Waals surface area contributed by atoms with Crippen LogP contribution in [0, 0.1) is 5.92 Å². The van der Waals surface area contributed by atoms with Crippen LogP contribution in [0.2, 0.25) is 0 Å². The number of ether oxygens (including phenoxy) is 1. The van der Waals surface area contributed by atoms with Crippen molar-refractivity contribution in [3.05, 3.63) is 29.8 Å². The summed E-state index contributed by atoms with van der Waals surface area (Å²) in [7, 11) is 1.58. The third-order valence-electron chi connectivity index (χ3n) is 2.38. The topological polar surface area (TPSA) is 52.3 Å². The Morgan fingerprint density at radius 1 is 1.40 bits per heavy atom. The number of rotatable bonds is 4. The zero-order valence-corrected chi connectivity index (χ0v) is 9.36. The fraction of sp³-hybridized carbons (Fsp3) is 0.417. The Balaban J connectivity index is 2.91. The fourth-order valence-electron chi connectivity index (χ4n) is 1.27. The van der Waals surface area contributed by atoms with Crippen LogP contribution in [0.1, 0.15) is 24.2 Å². The SMILES string of the molecule is COc1cccc(C(=O)C(N)C(C)C)c1. The van der Waals surface area contributed by atoms with Crippen molar-refractivity contribution in [2.45, 2.75) is 19.9 Å². The average Bonchev–Trinajstić information content (AvgIpc) is 2.27. The van der Waals surface area contributed by atoms with Crippen LogP contribution < -0.4 is 10.5 Å². The molecular formula is C12H17NO2. The van der Waals surface area contributed by atoms with Gasteiger partial charge in [0.05, 0.1) is 13.2 Å². The molecule has 1 unspecified atom stereocenters. The molecule has 0 heterocycles. The van der Waals surface area contributed by atoms with Crippen LogP contribution in [0.3, 0.4) is 0 Å². The van der Waals surface area contributed by atoms with E-state index in [4.69, 9.17) is 10.5 Å². The van der Waals surface area contributed by atoms with E-state index in [0.29, 0.717) is 11.3 Å². The molecule has 1 rings (SSSR count). The number of Topliss-reactive ketones (excluding diaryl/α,β-unsaturated/α-hetero) is 1. The van der Waals surface area contributed by atoms with Crippen LogP contribution in [0.25, 0.3) is 0 Å². The van der Waals surface area contributed by atoms with Crippen molar-refractivity contribution in [2.75, 3.05) is 7.11 Å². The standard InChI is InChI=1S/C12H17NO2/c1-8(2)11(13)12(14)9-5-4-6-10(7-9)15-3/h4-8,11H,13H2,1-3H3. The van der Waals surface area contributed by atoms with E-state index in [0.717, 1.165) is 0 Å². The van der Waals surface area contributed by atoms with Gasteiger partial charge in [-0.05, 0) is 18.1 Å². The number of carbonyl (C=O) groups excluding carboxylic acids is 1. The van der Waals surface area contributed by atoms with Crippen molar-refractivity contribution in [3.8, 4) is 5.75 Å². The number of ketones is 1. The number of methoxy groups -OCH3 is 1. The van der Waals surface area contributed by atoms with E-state index in [9.17, 15) is 4.79 Å². The Kier molecular flexibility index (Phi) is 3.86. The fourth-order valence-corrected chi connectivity index (χ4v) is 1.27. The lowest BCUT2D eigenvalue weighted by Crippen LogP contribution is -2.35. The van der Waals surface area contributed by atoms with Crippen LogP contribution in [-0.4, -0.2) is 18.9 Å². The monoisotopic (exact) mass is 207 g/mol. The molecule has 0 saturated carbocycles. The smallest absolute Gasteiger partial charge is 0.179 e. The summed E-state index contributed by atoms with van der Waals surface area (Å²) in [4.78, 5) is 11.9. The average molecular weight is 207 g/mol. The molecule has 0 saturated heterocycles. The molecule has 0 aliphatic heterocycles. The van der Waals surface area contributed by atoms with Crippen molar-refractivity contribution in [3.63, 3.8) is 0 Å². The lowest BCUT2D eigenvalue weighted by atomic mass is 9.96. The van der Waals surface area contributed by atoms with Crippen LogP contribution in [0.5, 0.6) is 5.75 Å². The molecule has 3 nitrogen and oxygen atoms in total. The van der Waals surface area contributed by atoms with Gasteiger partial charge < -0.3 is 10.5 Å². The largest absolute Gasteiger partial charge is 0.497 e. The van der Waals surface area contributed by atoms with Gasteiger partial charge in [-0.15, -0.1) is 0 Å². The highest BCUT2D eigenvalue weighted by molar-refractivity contribution is 6.00. The molecule has 0 aromatic heterocycles. The van der Waals surface area contributed by atoms with Gasteiger partial charge in [-0.2, -0.15) is 0 Å². The Bertz CT molecular complexity index is 347. The highest BCUT2D eigenvalue weighted by Gasteiger charge is 2.19. The highest BCUT2D eigenvalue weighted by atomic mass is 16.5. The predicted molar refractivity (Wildman–Crippen MR) is 60.1 cm³/mol. The Hall–Kier alpha value is -1.35. The van der Waals surface area contributed by atoms with Gasteiger partial charge in [0, 0.05) is 5.56 Å². The van der Waals surface area contributed by atoms with E-state index in [1.165, 1.54) is 0 Å². The third kappa shape index (κ3) is 2.80. The van der Waals surface area contributed by atoms with Crippen LogP contribution in [-0.2, 0) is 0 Å². The molecule has 1 aromatic rings. The second kappa shape index (κ2) is 4.94. The highest BCUT2D eigenvalue weighted by Crippen LogP contribution is 2.15. The zero-order chi connectivity index (χ0) is 11.4. The molecule has 0 amide bonds. The van der Waals surface area contributed by atoms with Gasteiger partial charge in [0.15, 0.2) is 5.78 Å². The van der Waals surface area contributed by atoms with Gasteiger partial charge in [-0.25, -0.2) is 0 Å². The van der Waals surface area contributed by atoms with Gasteiger partial charge in [0.1, 0.15) is 5.75 Å². The maximum atomic E-state index is 11.9. The van der Waals surface area contributed by atoms with Crippen LogP contribution in [0.4, 0.5) is 0 Å². The Morgan fingerprint density at radius 3 is 2.60 bits per heavy atom.